The molecule has 0 aliphatic rings. The second-order valence-corrected chi connectivity index (χ2v) is 3.83. The second-order valence-electron chi connectivity index (χ2n) is 3.83. The van der Waals surface area contributed by atoms with Crippen molar-refractivity contribution in [2.75, 3.05) is 0 Å². The van der Waals surface area contributed by atoms with Crippen LogP contribution in [-0.2, 0) is 0 Å². The molecule has 0 amide bonds. The van der Waals surface area contributed by atoms with Crippen molar-refractivity contribution in [3.05, 3.63) is 22.5 Å². The van der Waals surface area contributed by atoms with Gasteiger partial charge in [-0.1, -0.05) is 13.8 Å². The van der Waals surface area contributed by atoms with Crippen LogP contribution in [0.1, 0.15) is 25.6 Å². The summed E-state index contributed by atoms with van der Waals surface area (Å²) in [6.07, 6.45) is 1.50. The zero-order valence-corrected chi connectivity index (χ0v) is 8.61. The predicted molar refractivity (Wildman–Crippen MR) is 56.3 cm³/mol. The van der Waals surface area contributed by atoms with Gasteiger partial charge in [0.15, 0.2) is 5.65 Å². The average molecular weight is 207 g/mol. The van der Waals surface area contributed by atoms with Crippen LogP contribution in [0.3, 0.4) is 0 Å². The van der Waals surface area contributed by atoms with E-state index in [9.17, 15) is 4.79 Å². The minimum absolute atomic E-state index is 0.231. The number of rotatable bonds is 2. The third-order valence-electron chi connectivity index (χ3n) is 2.39. The van der Waals surface area contributed by atoms with Crippen LogP contribution in [0.15, 0.2) is 11.1 Å². The number of nitrogens with two attached hydrogens (primary N) is 1. The summed E-state index contributed by atoms with van der Waals surface area (Å²) in [6, 6.07) is -0.233. The number of imidazole rings is 1. The quantitative estimate of drug-likeness (QED) is 0.659. The maximum absolute atomic E-state index is 11.3. The Morgan fingerprint density at radius 1 is 1.47 bits per heavy atom. The zero-order valence-electron chi connectivity index (χ0n) is 8.61. The van der Waals surface area contributed by atoms with Gasteiger partial charge in [0, 0.05) is 6.04 Å². The van der Waals surface area contributed by atoms with Crippen molar-refractivity contribution >= 4 is 11.2 Å². The number of hydrogen-bond acceptors (Lipinski definition) is 4. The molecule has 0 aromatic carbocycles. The lowest BCUT2D eigenvalue weighted by Crippen LogP contribution is -2.23. The molecule has 0 fully saturated rings. The average Bonchev–Trinajstić information content (AvgIpc) is 2.62. The lowest BCUT2D eigenvalue weighted by atomic mass is 10.0. The van der Waals surface area contributed by atoms with Gasteiger partial charge in [0.2, 0.25) is 0 Å². The van der Waals surface area contributed by atoms with Crippen molar-refractivity contribution in [3.63, 3.8) is 0 Å². The molecule has 6 nitrogen and oxygen atoms in total. The summed E-state index contributed by atoms with van der Waals surface area (Å²) in [6.45, 7) is 3.98. The smallest absolute Gasteiger partial charge is 0.342 e. The number of aromatic amines is 2. The fourth-order valence-corrected chi connectivity index (χ4v) is 1.46. The van der Waals surface area contributed by atoms with Gasteiger partial charge in [-0.25, -0.2) is 9.78 Å². The third-order valence-corrected chi connectivity index (χ3v) is 2.39. The van der Waals surface area contributed by atoms with Gasteiger partial charge in [0.1, 0.15) is 5.52 Å². The maximum Gasteiger partial charge on any atom is 0.347 e. The molecule has 0 spiro atoms. The Morgan fingerprint density at radius 3 is 2.87 bits per heavy atom. The maximum atomic E-state index is 11.3. The van der Waals surface area contributed by atoms with Crippen molar-refractivity contribution in [2.24, 2.45) is 11.7 Å². The lowest BCUT2D eigenvalue weighted by molar-refractivity contribution is 0.504. The van der Waals surface area contributed by atoms with Crippen LogP contribution in [0.2, 0.25) is 0 Å². The van der Waals surface area contributed by atoms with Crippen molar-refractivity contribution in [2.45, 2.75) is 19.9 Å². The molecule has 6 heteroatoms. The van der Waals surface area contributed by atoms with Crippen LogP contribution in [0.25, 0.3) is 11.2 Å². The first-order chi connectivity index (χ1) is 7.09. The van der Waals surface area contributed by atoms with E-state index in [0.717, 1.165) is 0 Å². The van der Waals surface area contributed by atoms with Crippen molar-refractivity contribution in [1.29, 1.82) is 0 Å². The first kappa shape index (κ1) is 9.85. The molecule has 15 heavy (non-hydrogen) atoms. The Hall–Kier alpha value is -1.69. The topological polar surface area (TPSA) is 100 Å². The number of fused-ring (bicyclic) bond motifs is 1. The molecule has 4 N–H and O–H groups in total. The van der Waals surface area contributed by atoms with Crippen molar-refractivity contribution in [3.8, 4) is 0 Å². The Labute approximate surface area is 85.9 Å². The van der Waals surface area contributed by atoms with E-state index in [1.165, 1.54) is 6.33 Å². The van der Waals surface area contributed by atoms with Gasteiger partial charge in [-0.3, -0.25) is 0 Å². The first-order valence-corrected chi connectivity index (χ1v) is 4.78. The first-order valence-electron chi connectivity index (χ1n) is 4.78. The Balaban J connectivity index is 2.68. The SMILES string of the molecule is CC(C)C(N)c1[nH]c(=O)nc2nc[nH]c12. The van der Waals surface area contributed by atoms with Gasteiger partial charge in [0.25, 0.3) is 0 Å². The van der Waals surface area contributed by atoms with E-state index < -0.39 is 5.69 Å². The molecule has 2 aromatic rings. The summed E-state index contributed by atoms with van der Waals surface area (Å²) in [5, 5.41) is 0. The number of nitrogens with zero attached hydrogens (tertiary/aromatic N) is 2. The molecule has 1 unspecified atom stereocenters. The summed E-state index contributed by atoms with van der Waals surface area (Å²) in [7, 11) is 0. The van der Waals surface area contributed by atoms with Gasteiger partial charge >= 0.3 is 5.69 Å². The third kappa shape index (κ3) is 1.63. The van der Waals surface area contributed by atoms with Crippen LogP contribution >= 0.6 is 0 Å². The highest BCUT2D eigenvalue weighted by molar-refractivity contribution is 5.72. The molecule has 2 aromatic heterocycles. The molecule has 2 heterocycles. The summed E-state index contributed by atoms with van der Waals surface area (Å²) in [4.78, 5) is 24.5. The largest absolute Gasteiger partial charge is 0.347 e. The standard InChI is InChI=1S/C9H13N5O/c1-4(2)5(10)6-7-8(12-3-11-7)14-9(15)13-6/h3-5H,10H2,1-2H3,(H2,11,12,13,14,15). The summed E-state index contributed by atoms with van der Waals surface area (Å²) in [5.74, 6) is 0.231. The summed E-state index contributed by atoms with van der Waals surface area (Å²) in [5.41, 5.74) is 7.35. The van der Waals surface area contributed by atoms with Gasteiger partial charge in [-0.05, 0) is 5.92 Å². The molecular formula is C9H13N5O. The predicted octanol–water partition coefficient (Wildman–Crippen LogP) is 0.302. The van der Waals surface area contributed by atoms with Gasteiger partial charge in [-0.2, -0.15) is 4.98 Å². The highest BCUT2D eigenvalue weighted by Crippen LogP contribution is 2.20. The minimum atomic E-state index is -0.416. The number of hydrogen-bond donors (Lipinski definition) is 3. The monoisotopic (exact) mass is 207 g/mol. The molecule has 80 valence electrons. The van der Waals surface area contributed by atoms with E-state index >= 15 is 0 Å². The second kappa shape index (κ2) is 3.47. The van der Waals surface area contributed by atoms with Gasteiger partial charge in [0.05, 0.1) is 12.0 Å². The molecule has 0 radical (unpaired) electrons. The molecule has 2 rings (SSSR count). The fraction of sp³-hybridized carbons (Fsp3) is 0.444. The zero-order chi connectivity index (χ0) is 11.0. The lowest BCUT2D eigenvalue weighted by Gasteiger charge is -2.15. The van der Waals surface area contributed by atoms with Crippen molar-refractivity contribution < 1.29 is 0 Å². The highest BCUT2D eigenvalue weighted by Gasteiger charge is 2.16. The molecule has 0 bridgehead atoms. The Bertz CT molecular complexity index is 527. The summed E-state index contributed by atoms with van der Waals surface area (Å²) < 4.78 is 0. The van der Waals surface area contributed by atoms with Gasteiger partial charge < -0.3 is 15.7 Å². The minimum Gasteiger partial charge on any atom is -0.342 e. The number of H-pyrrole nitrogens is 2. The van der Waals surface area contributed by atoms with E-state index in [0.29, 0.717) is 16.9 Å². The normalized spacial score (nSPS) is 13.6. The molecule has 0 aliphatic heterocycles. The van der Waals surface area contributed by atoms with Crippen LogP contribution in [0.5, 0.6) is 0 Å². The van der Waals surface area contributed by atoms with Crippen LogP contribution in [0, 0.1) is 5.92 Å². The number of aromatic nitrogens is 4. The molecule has 0 saturated carbocycles. The van der Waals surface area contributed by atoms with Gasteiger partial charge in [-0.15, -0.1) is 0 Å². The van der Waals surface area contributed by atoms with E-state index in [1.54, 1.807) is 0 Å². The van der Waals surface area contributed by atoms with E-state index in [2.05, 4.69) is 19.9 Å². The van der Waals surface area contributed by atoms with E-state index in [4.69, 9.17) is 5.73 Å². The van der Waals surface area contributed by atoms with Crippen LogP contribution in [0.4, 0.5) is 0 Å². The molecule has 1 atom stereocenters. The van der Waals surface area contributed by atoms with E-state index in [1.807, 2.05) is 13.8 Å². The molecule has 0 aliphatic carbocycles. The molecule has 0 saturated heterocycles. The fourth-order valence-electron chi connectivity index (χ4n) is 1.46. The highest BCUT2D eigenvalue weighted by atomic mass is 16.1. The van der Waals surface area contributed by atoms with E-state index in [-0.39, 0.29) is 12.0 Å². The Kier molecular flexibility index (Phi) is 2.28. The van der Waals surface area contributed by atoms with Crippen LogP contribution < -0.4 is 11.4 Å². The summed E-state index contributed by atoms with van der Waals surface area (Å²) >= 11 is 0. The van der Waals surface area contributed by atoms with Crippen molar-refractivity contribution in [1.82, 2.24) is 19.9 Å². The number of nitrogens with one attached hydrogen (secondary N) is 2. The molecular weight excluding hydrogens is 194 g/mol. The van der Waals surface area contributed by atoms with Crippen LogP contribution in [-0.4, -0.2) is 19.9 Å². The Morgan fingerprint density at radius 2 is 2.20 bits per heavy atom.